The number of carbonyl (C=O) groups excluding carboxylic acids is 1. The molecule has 6 nitrogen and oxygen atoms in total. The predicted octanol–water partition coefficient (Wildman–Crippen LogP) is 4.59. The molecule has 0 saturated carbocycles. The van der Waals surface area contributed by atoms with Crippen molar-refractivity contribution in [1.29, 1.82) is 0 Å². The second-order valence-electron chi connectivity index (χ2n) is 7.75. The zero-order valence-electron chi connectivity index (χ0n) is 17.5. The van der Waals surface area contributed by atoms with Crippen LogP contribution in [-0.2, 0) is 24.2 Å². The number of hydrogen-bond donors (Lipinski definition) is 1. The van der Waals surface area contributed by atoms with E-state index in [0.717, 1.165) is 48.0 Å². The highest BCUT2D eigenvalue weighted by atomic mass is 32.1. The van der Waals surface area contributed by atoms with Gasteiger partial charge in [-0.25, -0.2) is 4.98 Å². The van der Waals surface area contributed by atoms with Gasteiger partial charge in [-0.2, -0.15) is 0 Å². The first-order valence-corrected chi connectivity index (χ1v) is 11.0. The smallest absolute Gasteiger partial charge is 0.223 e. The number of rotatable bonds is 5. The molecule has 0 aliphatic carbocycles. The van der Waals surface area contributed by atoms with Gasteiger partial charge in [0.25, 0.3) is 0 Å². The molecule has 0 bridgehead atoms. The Morgan fingerprint density at radius 1 is 1.23 bits per heavy atom. The molecule has 0 spiro atoms. The number of nitrogens with one attached hydrogen (secondary N) is 1. The van der Waals surface area contributed by atoms with Crippen molar-refractivity contribution >= 4 is 22.4 Å². The summed E-state index contributed by atoms with van der Waals surface area (Å²) in [5.41, 5.74) is 3.67. The van der Waals surface area contributed by atoms with Gasteiger partial charge in [0.05, 0.1) is 0 Å². The minimum absolute atomic E-state index is 0.0885. The lowest BCUT2D eigenvalue weighted by molar-refractivity contribution is -0.114. The summed E-state index contributed by atoms with van der Waals surface area (Å²) in [4.78, 5) is 23.4. The molecule has 3 heterocycles. The van der Waals surface area contributed by atoms with E-state index in [0.29, 0.717) is 11.2 Å². The van der Waals surface area contributed by atoms with E-state index in [1.165, 1.54) is 18.1 Å². The number of carbonyl (C=O) groups is 1. The monoisotopic (exact) mass is 422 g/mol. The van der Waals surface area contributed by atoms with Crippen LogP contribution in [0.4, 0.5) is 5.13 Å². The number of aryl methyl sites for hydroxylation is 1. The van der Waals surface area contributed by atoms with Crippen molar-refractivity contribution < 1.29 is 9.53 Å². The molecule has 0 saturated heterocycles. The molecule has 30 heavy (non-hydrogen) atoms. The van der Waals surface area contributed by atoms with Crippen LogP contribution in [0.1, 0.15) is 35.5 Å². The topological polar surface area (TPSA) is 67.4 Å². The Morgan fingerprint density at radius 3 is 2.87 bits per heavy atom. The van der Waals surface area contributed by atoms with Gasteiger partial charge in [0.2, 0.25) is 5.91 Å². The molecule has 1 aromatic carbocycles. The zero-order valence-corrected chi connectivity index (χ0v) is 18.3. The summed E-state index contributed by atoms with van der Waals surface area (Å²) < 4.78 is 6.06. The molecule has 7 heteroatoms. The van der Waals surface area contributed by atoms with Crippen molar-refractivity contribution in [3.63, 3.8) is 0 Å². The Hall–Kier alpha value is -2.77. The van der Waals surface area contributed by atoms with Gasteiger partial charge in [-0.1, -0.05) is 6.07 Å². The van der Waals surface area contributed by atoms with Gasteiger partial charge in [-0.15, -0.1) is 11.3 Å². The maximum Gasteiger partial charge on any atom is 0.223 e. The van der Waals surface area contributed by atoms with Crippen LogP contribution in [0.3, 0.4) is 0 Å². The maximum absolute atomic E-state index is 11.2. The highest BCUT2D eigenvalue weighted by Crippen LogP contribution is 2.29. The largest absolute Gasteiger partial charge is 0.457 e. The van der Waals surface area contributed by atoms with Gasteiger partial charge in [-0.05, 0) is 56.0 Å². The number of benzene rings is 1. The minimum atomic E-state index is -0.0885. The molecule has 0 fully saturated rings. The van der Waals surface area contributed by atoms with E-state index in [9.17, 15) is 4.79 Å². The second-order valence-corrected chi connectivity index (χ2v) is 8.87. The summed E-state index contributed by atoms with van der Waals surface area (Å²) in [6, 6.07) is 10.6. The summed E-state index contributed by atoms with van der Waals surface area (Å²) in [7, 11) is 0. The molecule has 1 atom stereocenters. The van der Waals surface area contributed by atoms with Crippen LogP contribution in [0.2, 0.25) is 0 Å². The first kappa shape index (κ1) is 20.5. The Bertz CT molecular complexity index is 1050. The summed E-state index contributed by atoms with van der Waals surface area (Å²) in [5, 5.41) is 3.43. The molecule has 1 aliphatic heterocycles. The van der Waals surface area contributed by atoms with Crippen molar-refractivity contribution in [1.82, 2.24) is 14.9 Å². The number of amides is 1. The lowest BCUT2D eigenvalue weighted by Gasteiger charge is -2.26. The van der Waals surface area contributed by atoms with Crippen LogP contribution in [0.5, 0.6) is 11.5 Å². The predicted molar refractivity (Wildman–Crippen MR) is 119 cm³/mol. The van der Waals surface area contributed by atoms with E-state index in [1.807, 2.05) is 25.3 Å². The standard InChI is InChI=1S/C23H26N4O2S/c1-15-10-21(6-8-24-15)29-20-5-4-18-7-9-27(16(2)11-19(18)12-20)14-22-13-25-23(30-22)26-17(3)28/h4-6,8,10,12-13,16H,7,9,11,14H2,1-3H3,(H,25,26,28)/t16-/m0/s1. The van der Waals surface area contributed by atoms with E-state index in [2.05, 4.69) is 45.3 Å². The zero-order chi connectivity index (χ0) is 21.1. The average Bonchev–Trinajstić information content (AvgIpc) is 3.05. The maximum atomic E-state index is 11.2. The molecule has 0 unspecified atom stereocenters. The minimum Gasteiger partial charge on any atom is -0.457 e. The third-order valence-electron chi connectivity index (χ3n) is 5.28. The number of fused-ring (bicyclic) bond motifs is 1. The quantitative estimate of drug-likeness (QED) is 0.652. The fraction of sp³-hybridized carbons (Fsp3) is 0.348. The van der Waals surface area contributed by atoms with Crippen molar-refractivity contribution in [2.45, 2.75) is 46.2 Å². The molecule has 3 aromatic rings. The van der Waals surface area contributed by atoms with E-state index >= 15 is 0 Å². The Balaban J connectivity index is 1.44. The fourth-order valence-electron chi connectivity index (χ4n) is 3.77. The van der Waals surface area contributed by atoms with Gasteiger partial charge in [-0.3, -0.25) is 14.7 Å². The van der Waals surface area contributed by atoms with Crippen LogP contribution in [-0.4, -0.2) is 33.4 Å². The summed E-state index contributed by atoms with van der Waals surface area (Å²) in [5.74, 6) is 1.59. The van der Waals surface area contributed by atoms with E-state index in [4.69, 9.17) is 4.74 Å². The fourth-order valence-corrected chi connectivity index (χ4v) is 4.66. The number of ether oxygens (including phenoxy) is 1. The van der Waals surface area contributed by atoms with Crippen LogP contribution in [0.15, 0.2) is 42.7 Å². The summed E-state index contributed by atoms with van der Waals surface area (Å²) >= 11 is 1.54. The van der Waals surface area contributed by atoms with Crippen LogP contribution in [0, 0.1) is 6.92 Å². The first-order chi connectivity index (χ1) is 14.5. The van der Waals surface area contributed by atoms with Crippen molar-refractivity contribution in [3.05, 3.63) is 64.4 Å². The molecule has 1 amide bonds. The first-order valence-electron chi connectivity index (χ1n) is 10.1. The number of nitrogens with zero attached hydrogens (tertiary/aromatic N) is 3. The van der Waals surface area contributed by atoms with Gasteiger partial charge in [0, 0.05) is 55.1 Å². The van der Waals surface area contributed by atoms with Crippen molar-refractivity contribution in [3.8, 4) is 11.5 Å². The molecular formula is C23H26N4O2S. The average molecular weight is 423 g/mol. The number of hydrogen-bond acceptors (Lipinski definition) is 6. The number of thiazole rings is 1. The third kappa shape index (κ3) is 5.04. The second kappa shape index (κ2) is 8.93. The lowest BCUT2D eigenvalue weighted by atomic mass is 10.0. The Labute approximate surface area is 180 Å². The van der Waals surface area contributed by atoms with Crippen LogP contribution >= 0.6 is 11.3 Å². The Morgan fingerprint density at radius 2 is 2.07 bits per heavy atom. The highest BCUT2D eigenvalue weighted by Gasteiger charge is 2.22. The molecule has 2 aromatic heterocycles. The molecule has 4 rings (SSSR count). The number of pyridine rings is 1. The highest BCUT2D eigenvalue weighted by molar-refractivity contribution is 7.15. The van der Waals surface area contributed by atoms with Gasteiger partial charge >= 0.3 is 0 Å². The van der Waals surface area contributed by atoms with Gasteiger partial charge in [0.15, 0.2) is 5.13 Å². The van der Waals surface area contributed by atoms with Crippen LogP contribution < -0.4 is 10.1 Å². The number of anilines is 1. The molecule has 156 valence electrons. The lowest BCUT2D eigenvalue weighted by Crippen LogP contribution is -2.33. The van der Waals surface area contributed by atoms with Gasteiger partial charge < -0.3 is 10.1 Å². The van der Waals surface area contributed by atoms with E-state index in [1.54, 1.807) is 17.5 Å². The van der Waals surface area contributed by atoms with E-state index in [-0.39, 0.29) is 5.91 Å². The SMILES string of the molecule is CC(=O)Nc1ncc(CN2CCc3ccc(Oc4ccnc(C)c4)cc3C[C@@H]2C)s1. The molecular weight excluding hydrogens is 396 g/mol. The summed E-state index contributed by atoms with van der Waals surface area (Å²) in [6.45, 7) is 7.56. The number of aromatic nitrogens is 2. The third-order valence-corrected chi connectivity index (χ3v) is 6.18. The summed E-state index contributed by atoms with van der Waals surface area (Å²) in [6.07, 6.45) is 5.61. The van der Waals surface area contributed by atoms with Crippen molar-refractivity contribution in [2.24, 2.45) is 0 Å². The van der Waals surface area contributed by atoms with Gasteiger partial charge in [0.1, 0.15) is 11.5 Å². The molecule has 1 N–H and O–H groups in total. The van der Waals surface area contributed by atoms with Crippen LogP contribution in [0.25, 0.3) is 0 Å². The van der Waals surface area contributed by atoms with Crippen molar-refractivity contribution in [2.75, 3.05) is 11.9 Å². The van der Waals surface area contributed by atoms with E-state index < -0.39 is 0 Å². The molecule has 0 radical (unpaired) electrons. The normalized spacial score (nSPS) is 16.6. The Kier molecular flexibility index (Phi) is 6.11. The molecule has 1 aliphatic rings.